The Labute approximate surface area is 209 Å². The number of aliphatic hydroxyl groups excluding tert-OH is 1. The SMILES string of the molecule is COc1ccc(/C(O)=C2\C(=O)C(=O)N(c3ccc(N4CCCC4)cc3)C2c2ccccc2F)cc1C. The maximum atomic E-state index is 15.1. The number of anilines is 2. The van der Waals surface area contributed by atoms with Gasteiger partial charge in [-0.25, -0.2) is 4.39 Å². The summed E-state index contributed by atoms with van der Waals surface area (Å²) in [5.41, 5.74) is 2.56. The van der Waals surface area contributed by atoms with Crippen molar-refractivity contribution in [3.8, 4) is 5.75 Å². The van der Waals surface area contributed by atoms with Crippen LogP contribution in [0.2, 0.25) is 0 Å². The van der Waals surface area contributed by atoms with Gasteiger partial charge in [0.1, 0.15) is 17.3 Å². The molecule has 2 fully saturated rings. The number of Topliss-reactive ketones (excluding diaryl/α,β-unsaturated/α-hetero) is 1. The van der Waals surface area contributed by atoms with Crippen molar-refractivity contribution >= 4 is 28.8 Å². The van der Waals surface area contributed by atoms with E-state index in [1.54, 1.807) is 49.6 Å². The normalized spacial score (nSPS) is 19.2. The van der Waals surface area contributed by atoms with Crippen molar-refractivity contribution in [2.75, 3.05) is 30.0 Å². The van der Waals surface area contributed by atoms with E-state index >= 15 is 4.39 Å². The van der Waals surface area contributed by atoms with Gasteiger partial charge in [-0.05, 0) is 73.9 Å². The Balaban J connectivity index is 1.64. The molecule has 6 nitrogen and oxygen atoms in total. The lowest BCUT2D eigenvalue weighted by Gasteiger charge is -2.26. The molecule has 2 aliphatic rings. The first kappa shape index (κ1) is 23.6. The van der Waals surface area contributed by atoms with E-state index in [1.807, 2.05) is 19.1 Å². The summed E-state index contributed by atoms with van der Waals surface area (Å²) >= 11 is 0. The highest BCUT2D eigenvalue weighted by Gasteiger charge is 2.47. The molecule has 1 unspecified atom stereocenters. The zero-order chi connectivity index (χ0) is 25.4. The minimum absolute atomic E-state index is 0.132. The summed E-state index contributed by atoms with van der Waals surface area (Å²) < 4.78 is 20.4. The van der Waals surface area contributed by atoms with Crippen LogP contribution in [0.15, 0.2) is 72.3 Å². The Hall–Kier alpha value is -4.13. The number of amides is 1. The van der Waals surface area contributed by atoms with E-state index in [9.17, 15) is 14.7 Å². The van der Waals surface area contributed by atoms with Gasteiger partial charge in [0, 0.05) is 35.6 Å². The number of ether oxygens (including phenoxy) is 1. The van der Waals surface area contributed by atoms with Crippen LogP contribution in [-0.2, 0) is 9.59 Å². The van der Waals surface area contributed by atoms with Crippen molar-refractivity contribution in [1.29, 1.82) is 0 Å². The van der Waals surface area contributed by atoms with Gasteiger partial charge < -0.3 is 14.7 Å². The lowest BCUT2D eigenvalue weighted by Crippen LogP contribution is -2.30. The fraction of sp³-hybridized carbons (Fsp3) is 0.241. The molecule has 0 radical (unpaired) electrons. The van der Waals surface area contributed by atoms with Gasteiger partial charge in [-0.15, -0.1) is 0 Å². The highest BCUT2D eigenvalue weighted by molar-refractivity contribution is 6.51. The number of rotatable bonds is 5. The maximum Gasteiger partial charge on any atom is 0.300 e. The summed E-state index contributed by atoms with van der Waals surface area (Å²) in [5.74, 6) is -1.99. The zero-order valence-corrected chi connectivity index (χ0v) is 20.2. The zero-order valence-electron chi connectivity index (χ0n) is 20.2. The first-order chi connectivity index (χ1) is 17.4. The van der Waals surface area contributed by atoms with Gasteiger partial charge in [0.25, 0.3) is 11.7 Å². The van der Waals surface area contributed by atoms with Crippen LogP contribution in [0.1, 0.15) is 35.6 Å². The third kappa shape index (κ3) is 4.00. The lowest BCUT2D eigenvalue weighted by atomic mass is 9.94. The quantitative estimate of drug-likeness (QED) is 0.298. The molecule has 0 aromatic heterocycles. The number of hydrogen-bond donors (Lipinski definition) is 1. The molecule has 0 saturated carbocycles. The average Bonchev–Trinajstić information content (AvgIpc) is 3.51. The predicted molar refractivity (Wildman–Crippen MR) is 137 cm³/mol. The number of nitrogens with zero attached hydrogens (tertiary/aromatic N) is 2. The Kier molecular flexibility index (Phi) is 6.22. The molecule has 3 aromatic carbocycles. The second-order valence-corrected chi connectivity index (χ2v) is 9.09. The van der Waals surface area contributed by atoms with E-state index in [0.29, 0.717) is 17.0 Å². The molecule has 0 bridgehead atoms. The Bertz CT molecular complexity index is 1360. The number of aryl methyl sites for hydroxylation is 1. The third-order valence-electron chi connectivity index (χ3n) is 6.91. The largest absolute Gasteiger partial charge is 0.507 e. The van der Waals surface area contributed by atoms with Crippen molar-refractivity contribution in [2.24, 2.45) is 0 Å². The third-order valence-corrected chi connectivity index (χ3v) is 6.91. The molecule has 36 heavy (non-hydrogen) atoms. The number of hydrogen-bond acceptors (Lipinski definition) is 5. The second-order valence-electron chi connectivity index (χ2n) is 9.09. The van der Waals surface area contributed by atoms with E-state index in [4.69, 9.17) is 4.74 Å². The van der Waals surface area contributed by atoms with Gasteiger partial charge in [-0.3, -0.25) is 14.5 Å². The van der Waals surface area contributed by atoms with Gasteiger partial charge in [0.15, 0.2) is 0 Å². The van der Waals surface area contributed by atoms with Crippen LogP contribution < -0.4 is 14.5 Å². The molecule has 2 heterocycles. The summed E-state index contributed by atoms with van der Waals surface area (Å²) in [6.45, 7) is 3.76. The van der Waals surface area contributed by atoms with E-state index in [1.165, 1.54) is 17.0 Å². The maximum absolute atomic E-state index is 15.1. The fourth-order valence-corrected chi connectivity index (χ4v) is 5.07. The van der Waals surface area contributed by atoms with Crippen LogP contribution in [0, 0.1) is 12.7 Å². The van der Waals surface area contributed by atoms with Crippen molar-refractivity contribution in [1.82, 2.24) is 0 Å². The van der Waals surface area contributed by atoms with E-state index in [-0.39, 0.29) is 16.9 Å². The molecule has 1 N–H and O–H groups in total. The Morgan fingerprint density at radius 3 is 2.28 bits per heavy atom. The van der Waals surface area contributed by atoms with Crippen LogP contribution in [0.25, 0.3) is 5.76 Å². The van der Waals surface area contributed by atoms with Crippen molar-refractivity contribution in [3.63, 3.8) is 0 Å². The van der Waals surface area contributed by atoms with Crippen molar-refractivity contribution in [3.05, 3.63) is 94.8 Å². The number of ketones is 1. The summed E-state index contributed by atoms with van der Waals surface area (Å²) in [6, 6.07) is 17.2. The molecule has 5 rings (SSSR count). The van der Waals surface area contributed by atoms with Crippen molar-refractivity contribution in [2.45, 2.75) is 25.8 Å². The van der Waals surface area contributed by atoms with Gasteiger partial charge in [0.05, 0.1) is 18.7 Å². The number of benzene rings is 3. The predicted octanol–water partition coefficient (Wildman–Crippen LogP) is 5.37. The van der Waals surface area contributed by atoms with Crippen LogP contribution in [-0.4, -0.2) is 37.0 Å². The number of carbonyl (C=O) groups is 2. The minimum Gasteiger partial charge on any atom is -0.507 e. The van der Waals surface area contributed by atoms with Gasteiger partial charge in [0.2, 0.25) is 0 Å². The van der Waals surface area contributed by atoms with E-state index in [2.05, 4.69) is 4.90 Å². The number of halogens is 1. The highest BCUT2D eigenvalue weighted by atomic mass is 19.1. The number of carbonyl (C=O) groups excluding carboxylic acids is 2. The minimum atomic E-state index is -1.12. The first-order valence-electron chi connectivity index (χ1n) is 12.0. The average molecular weight is 487 g/mol. The molecule has 1 amide bonds. The van der Waals surface area contributed by atoms with Crippen LogP contribution >= 0.6 is 0 Å². The van der Waals surface area contributed by atoms with Gasteiger partial charge >= 0.3 is 0 Å². The Morgan fingerprint density at radius 1 is 0.972 bits per heavy atom. The lowest BCUT2D eigenvalue weighted by molar-refractivity contribution is -0.132. The molecule has 2 aliphatic heterocycles. The number of aliphatic hydroxyl groups is 1. The summed E-state index contributed by atoms with van der Waals surface area (Å²) in [4.78, 5) is 30.2. The van der Waals surface area contributed by atoms with Gasteiger partial charge in [-0.1, -0.05) is 18.2 Å². The first-order valence-corrected chi connectivity index (χ1v) is 12.0. The summed E-state index contributed by atoms with van der Waals surface area (Å²) in [7, 11) is 1.54. The standard InChI is InChI=1S/C29H27FN2O4/c1-18-17-19(9-14-24(18)36-2)27(33)25-26(22-7-3-4-8-23(22)30)32(29(35)28(25)34)21-12-10-20(11-13-21)31-15-5-6-16-31/h3-4,7-14,17,26,33H,5-6,15-16H2,1-2H3/b27-25+. The van der Waals surface area contributed by atoms with E-state index < -0.39 is 23.5 Å². The molecule has 184 valence electrons. The molecule has 7 heteroatoms. The van der Waals surface area contributed by atoms with Gasteiger partial charge in [-0.2, -0.15) is 0 Å². The highest BCUT2D eigenvalue weighted by Crippen LogP contribution is 2.43. The molecule has 0 spiro atoms. The van der Waals surface area contributed by atoms with Crippen LogP contribution in [0.3, 0.4) is 0 Å². The summed E-state index contributed by atoms with van der Waals surface area (Å²) in [6.07, 6.45) is 2.27. The topological polar surface area (TPSA) is 70.1 Å². The fourth-order valence-electron chi connectivity index (χ4n) is 5.07. The van der Waals surface area contributed by atoms with E-state index in [0.717, 1.165) is 37.2 Å². The van der Waals surface area contributed by atoms with Crippen LogP contribution in [0.4, 0.5) is 15.8 Å². The van der Waals surface area contributed by atoms with Crippen molar-refractivity contribution < 1.29 is 23.8 Å². The molecule has 2 saturated heterocycles. The smallest absolute Gasteiger partial charge is 0.300 e. The second kappa shape index (κ2) is 9.49. The molecule has 3 aromatic rings. The van der Waals surface area contributed by atoms with Crippen LogP contribution in [0.5, 0.6) is 5.75 Å². The Morgan fingerprint density at radius 2 is 1.64 bits per heavy atom. The summed E-state index contributed by atoms with van der Waals surface area (Å²) in [5, 5.41) is 11.3. The molecule has 0 aliphatic carbocycles. The molecule has 1 atom stereocenters. The molecular weight excluding hydrogens is 459 g/mol. The number of methoxy groups -OCH3 is 1. The molecular formula is C29H27FN2O4. The monoisotopic (exact) mass is 486 g/mol.